The fraction of sp³-hybridized carbons (Fsp3) is 0.150. The Morgan fingerprint density at radius 3 is 2.80 bits per heavy atom. The van der Waals surface area contributed by atoms with Crippen LogP contribution in [0.5, 0.6) is 0 Å². The van der Waals surface area contributed by atoms with E-state index in [1.807, 2.05) is 44.3 Å². The molecule has 3 heterocycles. The Bertz CT molecular complexity index is 1310. The van der Waals surface area contributed by atoms with E-state index in [1.165, 1.54) is 6.33 Å². The van der Waals surface area contributed by atoms with Gasteiger partial charge in [-0.25, -0.2) is 19.5 Å². The molecule has 0 saturated heterocycles. The van der Waals surface area contributed by atoms with Crippen molar-refractivity contribution >= 4 is 40.5 Å². The van der Waals surface area contributed by atoms with Gasteiger partial charge in [-0.2, -0.15) is 10.4 Å². The highest BCUT2D eigenvalue weighted by Gasteiger charge is 2.20. The number of nitriles is 1. The van der Waals surface area contributed by atoms with E-state index in [0.717, 1.165) is 11.1 Å². The number of anilines is 2. The average molecular weight is 439 g/mol. The highest BCUT2D eigenvalue weighted by atomic mass is 35.5. The van der Waals surface area contributed by atoms with Crippen LogP contribution in [0.2, 0.25) is 10.0 Å². The van der Waals surface area contributed by atoms with Crippen molar-refractivity contribution in [3.63, 3.8) is 0 Å². The summed E-state index contributed by atoms with van der Waals surface area (Å²) in [6.07, 6.45) is 3.16. The number of halogens is 2. The third kappa shape index (κ3) is 3.49. The molecule has 0 radical (unpaired) electrons. The van der Waals surface area contributed by atoms with Crippen molar-refractivity contribution in [3.8, 4) is 17.3 Å². The van der Waals surface area contributed by atoms with Crippen molar-refractivity contribution in [2.75, 3.05) is 11.1 Å². The van der Waals surface area contributed by atoms with E-state index in [1.54, 1.807) is 10.6 Å². The monoisotopic (exact) mass is 438 g/mol. The maximum absolute atomic E-state index is 9.41. The van der Waals surface area contributed by atoms with Crippen LogP contribution < -0.4 is 11.1 Å². The van der Waals surface area contributed by atoms with Gasteiger partial charge in [0.2, 0.25) is 0 Å². The quantitative estimate of drug-likeness (QED) is 0.483. The standard InChI is InChI=1S/C20H16Cl2N8/c1-10(27-19-14(7-23)18(24)25-9-26-19)15-8-30-20(16(22)11(2)29-30)28-17(15)12-4-3-5-13(21)6-12/h3-6,8-10H,1-2H3,(H3,24,25,26,27)/t10-/m0/s1. The Hall–Kier alpha value is -3.41. The minimum absolute atomic E-state index is 0.111. The first-order valence-corrected chi connectivity index (χ1v) is 9.73. The first-order valence-electron chi connectivity index (χ1n) is 8.97. The molecule has 30 heavy (non-hydrogen) atoms. The fourth-order valence-electron chi connectivity index (χ4n) is 3.15. The van der Waals surface area contributed by atoms with Crippen LogP contribution >= 0.6 is 23.2 Å². The van der Waals surface area contributed by atoms with Gasteiger partial charge in [0, 0.05) is 22.3 Å². The molecule has 0 bridgehead atoms. The molecule has 10 heteroatoms. The molecule has 0 amide bonds. The van der Waals surface area contributed by atoms with Crippen molar-refractivity contribution in [2.24, 2.45) is 0 Å². The van der Waals surface area contributed by atoms with Gasteiger partial charge in [0.1, 0.15) is 34.6 Å². The van der Waals surface area contributed by atoms with E-state index in [4.69, 9.17) is 33.9 Å². The van der Waals surface area contributed by atoms with Crippen molar-refractivity contribution in [3.05, 3.63) is 63.7 Å². The zero-order chi connectivity index (χ0) is 21.4. The molecule has 1 aromatic carbocycles. The predicted octanol–water partition coefficient (Wildman–Crippen LogP) is 4.43. The lowest BCUT2D eigenvalue weighted by Crippen LogP contribution is -2.14. The molecule has 0 spiro atoms. The van der Waals surface area contributed by atoms with Crippen molar-refractivity contribution < 1.29 is 0 Å². The first-order chi connectivity index (χ1) is 14.4. The summed E-state index contributed by atoms with van der Waals surface area (Å²) >= 11 is 12.6. The maximum Gasteiger partial charge on any atom is 0.174 e. The van der Waals surface area contributed by atoms with E-state index >= 15 is 0 Å². The Balaban J connectivity index is 1.88. The van der Waals surface area contributed by atoms with Crippen molar-refractivity contribution in [1.29, 1.82) is 5.26 Å². The summed E-state index contributed by atoms with van der Waals surface area (Å²) in [5.74, 6) is 0.449. The Kier molecular flexibility index (Phi) is 5.16. The molecule has 3 aromatic heterocycles. The second kappa shape index (κ2) is 7.78. The van der Waals surface area contributed by atoms with E-state index < -0.39 is 0 Å². The molecule has 4 aromatic rings. The first kappa shape index (κ1) is 19.9. The van der Waals surface area contributed by atoms with Crippen molar-refractivity contribution in [1.82, 2.24) is 24.6 Å². The third-order valence-corrected chi connectivity index (χ3v) is 5.33. The summed E-state index contributed by atoms with van der Waals surface area (Å²) < 4.78 is 1.64. The summed E-state index contributed by atoms with van der Waals surface area (Å²) in [5, 5.41) is 18.2. The second-order valence-electron chi connectivity index (χ2n) is 6.68. The van der Waals surface area contributed by atoms with Gasteiger partial charge in [0.25, 0.3) is 0 Å². The van der Waals surface area contributed by atoms with Crippen LogP contribution in [0, 0.1) is 18.3 Å². The van der Waals surface area contributed by atoms with Crippen LogP contribution in [0.3, 0.4) is 0 Å². The molecule has 0 saturated carbocycles. The summed E-state index contributed by atoms with van der Waals surface area (Å²) in [5.41, 5.74) is 9.53. The molecule has 0 aliphatic heterocycles. The van der Waals surface area contributed by atoms with Crippen molar-refractivity contribution in [2.45, 2.75) is 19.9 Å². The van der Waals surface area contributed by atoms with Gasteiger partial charge in [-0.05, 0) is 26.0 Å². The van der Waals surface area contributed by atoms with E-state index in [0.29, 0.717) is 32.9 Å². The number of fused-ring (bicyclic) bond motifs is 1. The number of nitrogen functional groups attached to an aromatic ring is 1. The smallest absolute Gasteiger partial charge is 0.174 e. The summed E-state index contributed by atoms with van der Waals surface area (Å²) in [6, 6.07) is 9.13. The number of nitrogens with two attached hydrogens (primary N) is 1. The molecular formula is C20H16Cl2N8. The van der Waals surface area contributed by atoms with E-state index in [2.05, 4.69) is 20.4 Å². The highest BCUT2D eigenvalue weighted by Crippen LogP contribution is 2.33. The molecule has 0 unspecified atom stereocenters. The minimum atomic E-state index is -0.305. The Labute approximate surface area is 182 Å². The number of nitrogens with one attached hydrogen (secondary N) is 1. The minimum Gasteiger partial charge on any atom is -0.382 e. The van der Waals surface area contributed by atoms with Gasteiger partial charge in [-0.15, -0.1) is 0 Å². The van der Waals surface area contributed by atoms with Gasteiger partial charge in [-0.1, -0.05) is 35.3 Å². The second-order valence-corrected chi connectivity index (χ2v) is 7.50. The summed E-state index contributed by atoms with van der Waals surface area (Å²) in [4.78, 5) is 12.8. The van der Waals surface area contributed by atoms with Crippen LogP contribution in [0.1, 0.15) is 29.8 Å². The molecule has 150 valence electrons. The number of rotatable bonds is 4. The molecule has 1 atom stereocenters. The zero-order valence-corrected chi connectivity index (χ0v) is 17.6. The van der Waals surface area contributed by atoms with Crippen LogP contribution in [0.15, 0.2) is 36.8 Å². The maximum atomic E-state index is 9.41. The number of benzene rings is 1. The molecule has 8 nitrogen and oxygen atoms in total. The number of hydrogen-bond donors (Lipinski definition) is 2. The molecule has 0 fully saturated rings. The lowest BCUT2D eigenvalue weighted by atomic mass is 10.0. The molecule has 3 N–H and O–H groups in total. The van der Waals surface area contributed by atoms with Gasteiger partial charge in [-0.3, -0.25) is 0 Å². The molecule has 4 rings (SSSR count). The lowest BCUT2D eigenvalue weighted by Gasteiger charge is -2.19. The molecule has 0 aliphatic rings. The normalized spacial score (nSPS) is 12.0. The van der Waals surface area contributed by atoms with Crippen LogP contribution in [-0.4, -0.2) is 24.6 Å². The number of aryl methyl sites for hydroxylation is 1. The number of nitrogens with zero attached hydrogens (tertiary/aromatic N) is 6. The topological polar surface area (TPSA) is 118 Å². The van der Waals surface area contributed by atoms with Crippen LogP contribution in [-0.2, 0) is 0 Å². The number of hydrogen-bond acceptors (Lipinski definition) is 7. The predicted molar refractivity (Wildman–Crippen MR) is 116 cm³/mol. The van der Waals surface area contributed by atoms with E-state index in [-0.39, 0.29) is 17.4 Å². The van der Waals surface area contributed by atoms with E-state index in [9.17, 15) is 5.26 Å². The largest absolute Gasteiger partial charge is 0.382 e. The lowest BCUT2D eigenvalue weighted by molar-refractivity contribution is 0.825. The highest BCUT2D eigenvalue weighted by molar-refractivity contribution is 6.34. The molecule has 0 aliphatic carbocycles. The van der Waals surface area contributed by atoms with Gasteiger partial charge >= 0.3 is 0 Å². The number of aromatic nitrogens is 5. The van der Waals surface area contributed by atoms with Gasteiger partial charge in [0.15, 0.2) is 5.65 Å². The van der Waals surface area contributed by atoms with Gasteiger partial charge < -0.3 is 11.1 Å². The zero-order valence-electron chi connectivity index (χ0n) is 16.1. The van der Waals surface area contributed by atoms with Crippen LogP contribution in [0.25, 0.3) is 16.9 Å². The third-order valence-electron chi connectivity index (χ3n) is 4.65. The fourth-order valence-corrected chi connectivity index (χ4v) is 3.51. The Morgan fingerprint density at radius 2 is 2.07 bits per heavy atom. The molecular weight excluding hydrogens is 423 g/mol. The Morgan fingerprint density at radius 1 is 1.27 bits per heavy atom. The average Bonchev–Trinajstić information content (AvgIpc) is 3.00. The SMILES string of the molecule is Cc1nn2cc([C@H](C)Nc3ncnc(N)c3C#N)c(-c3cccc(Cl)c3)nc2c1Cl. The summed E-state index contributed by atoms with van der Waals surface area (Å²) in [6.45, 7) is 3.74. The van der Waals surface area contributed by atoms with Gasteiger partial charge in [0.05, 0.1) is 17.4 Å². The summed E-state index contributed by atoms with van der Waals surface area (Å²) in [7, 11) is 0. The van der Waals surface area contributed by atoms with Crippen LogP contribution in [0.4, 0.5) is 11.6 Å².